The van der Waals surface area contributed by atoms with Crippen LogP contribution in [0.15, 0.2) is 0 Å². The second kappa shape index (κ2) is 6.70. The zero-order chi connectivity index (χ0) is 14.6. The van der Waals surface area contributed by atoms with Gasteiger partial charge in [0, 0.05) is 25.2 Å². The molecule has 2 saturated heterocycles. The minimum absolute atomic E-state index is 0.369. The predicted molar refractivity (Wildman–Crippen MR) is 80.6 cm³/mol. The van der Waals surface area contributed by atoms with E-state index in [1.807, 2.05) is 0 Å². The van der Waals surface area contributed by atoms with Crippen LogP contribution in [0, 0.1) is 0 Å². The molecule has 0 bridgehead atoms. The highest BCUT2D eigenvalue weighted by Crippen LogP contribution is 2.23. The van der Waals surface area contributed by atoms with E-state index < -0.39 is 15.7 Å². The van der Waals surface area contributed by atoms with Crippen LogP contribution in [0.1, 0.15) is 38.5 Å². The number of nitrogens with zero attached hydrogens (tertiary/aromatic N) is 2. The van der Waals surface area contributed by atoms with Gasteiger partial charge in [-0.2, -0.15) is 17.4 Å². The van der Waals surface area contributed by atoms with Crippen molar-refractivity contribution in [1.29, 1.82) is 0 Å². The van der Waals surface area contributed by atoms with E-state index >= 15 is 0 Å². The fourth-order valence-electron chi connectivity index (χ4n) is 3.01. The molecule has 7 heteroatoms. The Morgan fingerprint density at radius 2 is 1.60 bits per heavy atom. The average Bonchev–Trinajstić information content (AvgIpc) is 2.71. The van der Waals surface area contributed by atoms with Gasteiger partial charge in [-0.15, -0.1) is 0 Å². The first-order valence-electron chi connectivity index (χ1n) is 7.65. The van der Waals surface area contributed by atoms with Gasteiger partial charge in [0.15, 0.2) is 0 Å². The minimum atomic E-state index is -3.41. The molecule has 20 heavy (non-hydrogen) atoms. The maximum atomic E-state index is 12.6. The van der Waals surface area contributed by atoms with Crippen LogP contribution in [-0.4, -0.2) is 62.9 Å². The summed E-state index contributed by atoms with van der Waals surface area (Å²) in [6.07, 6.45) is 5.73. The third kappa shape index (κ3) is 3.92. The summed E-state index contributed by atoms with van der Waals surface area (Å²) in [7, 11) is -1.35. The Morgan fingerprint density at radius 1 is 1.05 bits per heavy atom. The molecule has 3 N–H and O–H groups in total. The van der Waals surface area contributed by atoms with E-state index in [4.69, 9.17) is 5.73 Å². The monoisotopic (exact) mass is 304 g/mol. The van der Waals surface area contributed by atoms with Gasteiger partial charge in [-0.3, -0.25) is 0 Å². The summed E-state index contributed by atoms with van der Waals surface area (Å²) in [6.45, 7) is 3.42. The predicted octanol–water partition coefficient (Wildman–Crippen LogP) is 0.120. The molecule has 0 unspecified atom stereocenters. The van der Waals surface area contributed by atoms with Crippen molar-refractivity contribution in [1.82, 2.24) is 13.9 Å². The van der Waals surface area contributed by atoms with E-state index in [9.17, 15) is 8.42 Å². The molecule has 2 heterocycles. The van der Waals surface area contributed by atoms with Gasteiger partial charge in [0.1, 0.15) is 0 Å². The number of nitrogens with two attached hydrogens (primary N) is 1. The smallest absolute Gasteiger partial charge is 0.279 e. The second-order valence-electron chi connectivity index (χ2n) is 6.21. The molecule has 2 rings (SSSR count). The van der Waals surface area contributed by atoms with Crippen molar-refractivity contribution in [3.05, 3.63) is 0 Å². The third-order valence-electron chi connectivity index (χ3n) is 4.59. The highest BCUT2D eigenvalue weighted by atomic mass is 32.2. The molecule has 118 valence electrons. The first kappa shape index (κ1) is 16.2. The van der Waals surface area contributed by atoms with Crippen molar-refractivity contribution in [2.75, 3.05) is 39.8 Å². The fourth-order valence-corrected chi connectivity index (χ4v) is 4.72. The summed E-state index contributed by atoms with van der Waals surface area (Å²) in [5.41, 5.74) is 5.43. The summed E-state index contributed by atoms with van der Waals surface area (Å²) in [5, 5.41) is 0. The van der Waals surface area contributed by atoms with Crippen LogP contribution in [0.3, 0.4) is 0 Å². The van der Waals surface area contributed by atoms with Gasteiger partial charge in [0.2, 0.25) is 0 Å². The quantitative estimate of drug-likeness (QED) is 0.773. The van der Waals surface area contributed by atoms with E-state index in [1.54, 1.807) is 4.31 Å². The zero-order valence-corrected chi connectivity index (χ0v) is 13.3. The molecule has 6 nitrogen and oxygen atoms in total. The first-order valence-corrected chi connectivity index (χ1v) is 9.09. The van der Waals surface area contributed by atoms with Crippen LogP contribution in [0.5, 0.6) is 0 Å². The largest absolute Gasteiger partial charge is 0.329 e. The van der Waals surface area contributed by atoms with E-state index in [-0.39, 0.29) is 0 Å². The molecule has 0 amide bonds. The van der Waals surface area contributed by atoms with Gasteiger partial charge in [-0.05, 0) is 45.8 Å². The standard InChI is InChI=1S/C13H28N4O2S/c1-16-10-6-13(12-14,7-11-16)15-20(18,19)17-8-4-2-3-5-9-17/h15H,2-12,14H2,1H3. The Kier molecular flexibility index (Phi) is 5.42. The van der Waals surface area contributed by atoms with E-state index in [2.05, 4.69) is 16.7 Å². The highest BCUT2D eigenvalue weighted by molar-refractivity contribution is 7.87. The van der Waals surface area contributed by atoms with Crippen LogP contribution in [0.4, 0.5) is 0 Å². The normalized spacial score (nSPS) is 26.3. The number of nitrogens with one attached hydrogen (secondary N) is 1. The lowest BCUT2D eigenvalue weighted by Gasteiger charge is -2.41. The number of hydrogen-bond donors (Lipinski definition) is 2. The Balaban J connectivity index is 2.05. The van der Waals surface area contributed by atoms with Crippen molar-refractivity contribution in [3.8, 4) is 0 Å². The molecule has 0 aromatic heterocycles. The molecule has 0 spiro atoms. The van der Waals surface area contributed by atoms with E-state index in [0.29, 0.717) is 19.6 Å². The van der Waals surface area contributed by atoms with Crippen molar-refractivity contribution >= 4 is 10.2 Å². The SMILES string of the molecule is CN1CCC(CN)(NS(=O)(=O)N2CCCCCC2)CC1. The molecular weight excluding hydrogens is 276 g/mol. The average molecular weight is 304 g/mol. The fraction of sp³-hybridized carbons (Fsp3) is 1.00. The lowest BCUT2D eigenvalue weighted by molar-refractivity contribution is 0.179. The van der Waals surface area contributed by atoms with Gasteiger partial charge >= 0.3 is 0 Å². The van der Waals surface area contributed by atoms with Crippen molar-refractivity contribution in [3.63, 3.8) is 0 Å². The number of likely N-dealkylation sites (tertiary alicyclic amines) is 1. The zero-order valence-electron chi connectivity index (χ0n) is 12.5. The third-order valence-corrected chi connectivity index (χ3v) is 6.32. The first-order chi connectivity index (χ1) is 9.47. The number of hydrogen-bond acceptors (Lipinski definition) is 4. The van der Waals surface area contributed by atoms with Crippen molar-refractivity contribution in [2.45, 2.75) is 44.1 Å². The molecule has 0 aliphatic carbocycles. The Hall–Kier alpha value is -0.210. The molecule has 0 aromatic carbocycles. The molecular formula is C13H28N4O2S. The second-order valence-corrected chi connectivity index (χ2v) is 7.88. The van der Waals surface area contributed by atoms with Gasteiger partial charge in [0.25, 0.3) is 10.2 Å². The summed E-state index contributed by atoms with van der Waals surface area (Å²) in [4.78, 5) is 2.22. The number of rotatable bonds is 4. The molecule has 2 fully saturated rings. The van der Waals surface area contributed by atoms with Crippen LogP contribution in [-0.2, 0) is 10.2 Å². The Bertz CT molecular complexity index is 397. The highest BCUT2D eigenvalue weighted by Gasteiger charge is 2.38. The van der Waals surface area contributed by atoms with Gasteiger partial charge in [-0.25, -0.2) is 0 Å². The van der Waals surface area contributed by atoms with E-state index in [0.717, 1.165) is 51.6 Å². The molecule has 0 aromatic rings. The summed E-state index contributed by atoms with van der Waals surface area (Å²) >= 11 is 0. The van der Waals surface area contributed by atoms with Crippen LogP contribution in [0.25, 0.3) is 0 Å². The van der Waals surface area contributed by atoms with Crippen LogP contribution >= 0.6 is 0 Å². The Labute approximate surface area is 122 Å². The molecule has 0 radical (unpaired) electrons. The summed E-state index contributed by atoms with van der Waals surface area (Å²) < 4.78 is 29.7. The molecule has 0 saturated carbocycles. The molecule has 2 aliphatic heterocycles. The lowest BCUT2D eigenvalue weighted by Crippen LogP contribution is -2.61. The Morgan fingerprint density at radius 3 is 2.10 bits per heavy atom. The molecule has 0 atom stereocenters. The van der Waals surface area contributed by atoms with Crippen molar-refractivity contribution < 1.29 is 8.42 Å². The summed E-state index contributed by atoms with van der Waals surface area (Å²) in [6, 6.07) is 0. The van der Waals surface area contributed by atoms with Gasteiger partial charge in [-0.1, -0.05) is 12.8 Å². The maximum Gasteiger partial charge on any atom is 0.279 e. The van der Waals surface area contributed by atoms with Crippen molar-refractivity contribution in [2.24, 2.45) is 5.73 Å². The van der Waals surface area contributed by atoms with Crippen LogP contribution in [0.2, 0.25) is 0 Å². The minimum Gasteiger partial charge on any atom is -0.329 e. The lowest BCUT2D eigenvalue weighted by atomic mass is 9.89. The van der Waals surface area contributed by atoms with Gasteiger partial charge in [0.05, 0.1) is 0 Å². The maximum absolute atomic E-state index is 12.6. The topological polar surface area (TPSA) is 78.7 Å². The van der Waals surface area contributed by atoms with Crippen LogP contribution < -0.4 is 10.5 Å². The van der Waals surface area contributed by atoms with E-state index in [1.165, 1.54) is 0 Å². The number of piperidine rings is 1. The summed E-state index contributed by atoms with van der Waals surface area (Å²) in [5.74, 6) is 0. The molecule has 2 aliphatic rings. The van der Waals surface area contributed by atoms with Gasteiger partial charge < -0.3 is 10.6 Å².